The van der Waals surface area contributed by atoms with Crippen molar-refractivity contribution < 1.29 is 13.2 Å². The zero-order valence-electron chi connectivity index (χ0n) is 12.5. The third-order valence-electron chi connectivity index (χ3n) is 3.51. The maximum atomic E-state index is 12.8. The summed E-state index contributed by atoms with van der Waals surface area (Å²) in [7, 11) is 0.940. The minimum Gasteiger partial charge on any atom is -0.292 e. The zero-order valence-corrected chi connectivity index (χ0v) is 12.5. The van der Waals surface area contributed by atoms with Crippen LogP contribution in [0.3, 0.4) is 0 Å². The third kappa shape index (κ3) is 2.77. The van der Waals surface area contributed by atoms with Gasteiger partial charge >= 0.3 is 11.9 Å². The highest BCUT2D eigenvalue weighted by Crippen LogP contribution is 2.27. The van der Waals surface area contributed by atoms with Gasteiger partial charge in [-0.2, -0.15) is 18.4 Å². The van der Waals surface area contributed by atoms with Gasteiger partial charge in [0.15, 0.2) is 0 Å². The molecule has 0 aliphatic carbocycles. The minimum absolute atomic E-state index is 0.0893. The van der Waals surface area contributed by atoms with E-state index in [1.165, 1.54) is 6.07 Å². The first-order valence-electron chi connectivity index (χ1n) is 6.50. The lowest BCUT2D eigenvalue weighted by atomic mass is 10.0. The van der Waals surface area contributed by atoms with Crippen molar-refractivity contribution in [1.82, 2.24) is 9.13 Å². The molecule has 2 aromatic rings. The van der Waals surface area contributed by atoms with Gasteiger partial charge in [-0.25, -0.2) is 9.36 Å². The van der Waals surface area contributed by atoms with Crippen LogP contribution in [0, 0.1) is 25.2 Å². The molecule has 0 amide bonds. The van der Waals surface area contributed by atoms with E-state index in [1.807, 2.05) is 6.07 Å². The Balaban J connectivity index is 2.88. The van der Waals surface area contributed by atoms with Gasteiger partial charge in [0, 0.05) is 13.1 Å². The molecule has 0 aliphatic rings. The van der Waals surface area contributed by atoms with Crippen molar-refractivity contribution in [2.75, 3.05) is 0 Å². The van der Waals surface area contributed by atoms with Crippen LogP contribution in [-0.4, -0.2) is 9.13 Å². The molecular weight excluding hydrogens is 311 g/mol. The smallest absolute Gasteiger partial charge is 0.292 e. The third-order valence-corrected chi connectivity index (χ3v) is 3.51. The second kappa shape index (κ2) is 5.43. The van der Waals surface area contributed by atoms with Gasteiger partial charge in [-0.15, -0.1) is 0 Å². The van der Waals surface area contributed by atoms with E-state index in [0.717, 1.165) is 7.05 Å². The number of aryl methyl sites for hydroxylation is 2. The Kier molecular flexibility index (Phi) is 3.90. The standard InChI is InChI=1S/C15H12F3N3O2/c1-8-4-9(2)11(5-10(8)7-19)21-13(22)6-12(15(16,17)18)20(3)14(21)23/h4-6H,1-3H3. The minimum atomic E-state index is -4.81. The first kappa shape index (κ1) is 16.5. The number of halogens is 3. The number of benzene rings is 1. The number of nitrogens with zero attached hydrogens (tertiary/aromatic N) is 3. The fraction of sp³-hybridized carbons (Fsp3) is 0.267. The largest absolute Gasteiger partial charge is 0.431 e. The summed E-state index contributed by atoms with van der Waals surface area (Å²) in [5.74, 6) is 0. The van der Waals surface area contributed by atoms with Crippen LogP contribution in [0.4, 0.5) is 13.2 Å². The van der Waals surface area contributed by atoms with Crippen LogP contribution in [-0.2, 0) is 13.2 Å². The highest BCUT2D eigenvalue weighted by molar-refractivity contribution is 5.51. The molecule has 0 bridgehead atoms. The summed E-state index contributed by atoms with van der Waals surface area (Å²) in [6.07, 6.45) is -4.81. The van der Waals surface area contributed by atoms with Crippen LogP contribution in [0.2, 0.25) is 0 Å². The molecule has 0 aliphatic heterocycles. The Morgan fingerprint density at radius 1 is 1.09 bits per heavy atom. The Morgan fingerprint density at radius 2 is 1.70 bits per heavy atom. The van der Waals surface area contributed by atoms with Gasteiger partial charge in [0.05, 0.1) is 17.3 Å². The first-order chi connectivity index (χ1) is 10.6. The first-order valence-corrected chi connectivity index (χ1v) is 6.50. The normalized spacial score (nSPS) is 11.3. The summed E-state index contributed by atoms with van der Waals surface area (Å²) >= 11 is 0. The van der Waals surface area contributed by atoms with Gasteiger partial charge < -0.3 is 0 Å². The average molecular weight is 323 g/mol. The van der Waals surface area contributed by atoms with E-state index in [9.17, 15) is 22.8 Å². The van der Waals surface area contributed by atoms with E-state index in [0.29, 0.717) is 26.3 Å². The van der Waals surface area contributed by atoms with Gasteiger partial charge in [0.25, 0.3) is 5.56 Å². The van der Waals surface area contributed by atoms with Gasteiger partial charge in [0.2, 0.25) is 0 Å². The Hall–Kier alpha value is -2.82. The maximum Gasteiger partial charge on any atom is 0.431 e. The van der Waals surface area contributed by atoms with Crippen molar-refractivity contribution in [1.29, 1.82) is 5.26 Å². The van der Waals surface area contributed by atoms with Gasteiger partial charge in [-0.05, 0) is 31.0 Å². The monoisotopic (exact) mass is 323 g/mol. The van der Waals surface area contributed by atoms with Crippen molar-refractivity contribution in [3.8, 4) is 11.8 Å². The number of hydrogen-bond acceptors (Lipinski definition) is 3. The Bertz CT molecular complexity index is 947. The molecule has 120 valence electrons. The lowest BCUT2D eigenvalue weighted by molar-refractivity contribution is -0.144. The molecule has 0 radical (unpaired) electrons. The molecule has 0 unspecified atom stereocenters. The molecular formula is C15H12F3N3O2. The maximum absolute atomic E-state index is 12.8. The topological polar surface area (TPSA) is 67.8 Å². The summed E-state index contributed by atoms with van der Waals surface area (Å²) < 4.78 is 39.5. The number of hydrogen-bond donors (Lipinski definition) is 0. The fourth-order valence-electron chi connectivity index (χ4n) is 2.32. The van der Waals surface area contributed by atoms with Crippen LogP contribution in [0.5, 0.6) is 0 Å². The second-order valence-electron chi connectivity index (χ2n) is 5.11. The Morgan fingerprint density at radius 3 is 2.22 bits per heavy atom. The zero-order chi connectivity index (χ0) is 17.5. The SMILES string of the molecule is Cc1cc(C)c(-n2c(=O)cc(C(F)(F)F)n(C)c2=O)cc1C#N. The average Bonchev–Trinajstić information content (AvgIpc) is 2.44. The van der Waals surface area contributed by atoms with Crippen molar-refractivity contribution in [2.24, 2.45) is 7.05 Å². The second-order valence-corrected chi connectivity index (χ2v) is 5.11. The van der Waals surface area contributed by atoms with Gasteiger partial charge in [-0.1, -0.05) is 6.07 Å². The summed E-state index contributed by atoms with van der Waals surface area (Å²) in [5.41, 5.74) is -2.08. The molecule has 1 aromatic carbocycles. The summed E-state index contributed by atoms with van der Waals surface area (Å²) in [4.78, 5) is 24.3. The molecule has 0 saturated heterocycles. The van der Waals surface area contributed by atoms with E-state index in [2.05, 4.69) is 0 Å². The van der Waals surface area contributed by atoms with E-state index in [1.54, 1.807) is 19.9 Å². The molecule has 2 rings (SSSR count). The molecule has 0 saturated carbocycles. The van der Waals surface area contributed by atoms with Crippen molar-refractivity contribution in [2.45, 2.75) is 20.0 Å². The summed E-state index contributed by atoms with van der Waals surface area (Å²) in [6.45, 7) is 3.29. The molecule has 23 heavy (non-hydrogen) atoms. The lowest BCUT2D eigenvalue weighted by Crippen LogP contribution is -2.41. The molecule has 0 spiro atoms. The van der Waals surface area contributed by atoms with Crippen molar-refractivity contribution in [3.63, 3.8) is 0 Å². The number of alkyl halides is 3. The summed E-state index contributed by atoms with van der Waals surface area (Å²) in [5, 5.41) is 9.06. The fourth-order valence-corrected chi connectivity index (χ4v) is 2.32. The highest BCUT2D eigenvalue weighted by atomic mass is 19.4. The lowest BCUT2D eigenvalue weighted by Gasteiger charge is -2.15. The van der Waals surface area contributed by atoms with Crippen LogP contribution in [0.1, 0.15) is 22.4 Å². The molecule has 8 heteroatoms. The molecule has 1 heterocycles. The highest BCUT2D eigenvalue weighted by Gasteiger charge is 2.35. The quantitative estimate of drug-likeness (QED) is 0.806. The van der Waals surface area contributed by atoms with Crippen molar-refractivity contribution >= 4 is 0 Å². The van der Waals surface area contributed by atoms with Gasteiger partial charge in [-0.3, -0.25) is 9.36 Å². The predicted octanol–water partition coefficient (Wildman–Crippen LogP) is 2.04. The molecule has 0 N–H and O–H groups in total. The van der Waals surface area contributed by atoms with Crippen LogP contribution in [0.15, 0.2) is 27.8 Å². The van der Waals surface area contributed by atoms with Crippen LogP contribution in [0.25, 0.3) is 5.69 Å². The van der Waals surface area contributed by atoms with Crippen LogP contribution >= 0.6 is 0 Å². The number of rotatable bonds is 1. The van der Waals surface area contributed by atoms with Gasteiger partial charge in [0.1, 0.15) is 5.69 Å². The molecule has 5 nitrogen and oxygen atoms in total. The molecule has 0 atom stereocenters. The number of aromatic nitrogens is 2. The van der Waals surface area contributed by atoms with Crippen molar-refractivity contribution in [3.05, 3.63) is 61.4 Å². The Labute approximate surface area is 128 Å². The predicted molar refractivity (Wildman–Crippen MR) is 76.5 cm³/mol. The van der Waals surface area contributed by atoms with Crippen LogP contribution < -0.4 is 11.2 Å². The van der Waals surface area contributed by atoms with E-state index in [-0.39, 0.29) is 11.3 Å². The number of nitriles is 1. The van der Waals surface area contributed by atoms with E-state index < -0.39 is 23.1 Å². The summed E-state index contributed by atoms with van der Waals surface area (Å²) in [6, 6.07) is 5.20. The van der Waals surface area contributed by atoms with E-state index in [4.69, 9.17) is 5.26 Å². The van der Waals surface area contributed by atoms with E-state index >= 15 is 0 Å². The molecule has 1 aromatic heterocycles. The molecule has 0 fully saturated rings.